The first-order valence-corrected chi connectivity index (χ1v) is 9.47. The van der Waals surface area contributed by atoms with Gasteiger partial charge in [-0.2, -0.15) is 4.31 Å². The Morgan fingerprint density at radius 3 is 2.73 bits per heavy atom. The predicted molar refractivity (Wildman–Crippen MR) is 93.6 cm³/mol. The molecule has 8 nitrogen and oxygen atoms in total. The van der Waals surface area contributed by atoms with Crippen molar-refractivity contribution in [1.82, 2.24) is 13.9 Å². The maximum atomic E-state index is 12.8. The van der Waals surface area contributed by atoms with Crippen LogP contribution in [0.15, 0.2) is 50.6 Å². The average molecular weight is 375 g/mol. The van der Waals surface area contributed by atoms with Gasteiger partial charge in [0, 0.05) is 25.0 Å². The van der Waals surface area contributed by atoms with Gasteiger partial charge in [0.15, 0.2) is 5.58 Å². The minimum absolute atomic E-state index is 0.125. The third-order valence-corrected chi connectivity index (χ3v) is 6.21. The van der Waals surface area contributed by atoms with Crippen molar-refractivity contribution in [2.24, 2.45) is 7.05 Å². The third-order valence-electron chi connectivity index (χ3n) is 4.39. The van der Waals surface area contributed by atoms with Crippen LogP contribution in [0.2, 0.25) is 0 Å². The molecule has 1 fully saturated rings. The summed E-state index contributed by atoms with van der Waals surface area (Å²) in [7, 11) is -2.11. The Hall–Kier alpha value is -2.65. The van der Waals surface area contributed by atoms with Crippen LogP contribution in [0.3, 0.4) is 0 Å². The van der Waals surface area contributed by atoms with Crippen LogP contribution in [0.4, 0.5) is 0 Å². The van der Waals surface area contributed by atoms with E-state index in [9.17, 15) is 13.2 Å². The van der Waals surface area contributed by atoms with Gasteiger partial charge in [-0.3, -0.25) is 9.55 Å². The fourth-order valence-corrected chi connectivity index (χ4v) is 4.40. The highest BCUT2D eigenvalue weighted by Gasteiger charge is 2.38. The van der Waals surface area contributed by atoms with E-state index in [0.29, 0.717) is 16.8 Å². The number of fused-ring (bicyclic) bond motifs is 1. The van der Waals surface area contributed by atoms with Crippen molar-refractivity contribution in [3.63, 3.8) is 0 Å². The molecule has 0 saturated carbocycles. The number of nitrogens with zero attached hydrogens (tertiary/aromatic N) is 3. The smallest absolute Gasteiger partial charge is 0.419 e. The third kappa shape index (κ3) is 2.78. The minimum Gasteiger partial charge on any atom is -0.488 e. The fraction of sp³-hybridized carbons (Fsp3) is 0.294. The highest BCUT2D eigenvalue weighted by Crippen LogP contribution is 2.26. The molecule has 0 spiro atoms. The summed E-state index contributed by atoms with van der Waals surface area (Å²) in [5.74, 6) is 0.147. The number of aromatic nitrogens is 2. The molecule has 3 heterocycles. The molecular weight excluding hydrogens is 358 g/mol. The van der Waals surface area contributed by atoms with E-state index < -0.39 is 15.8 Å². The van der Waals surface area contributed by atoms with Crippen molar-refractivity contribution in [3.8, 4) is 5.75 Å². The topological polar surface area (TPSA) is 94.6 Å². The first-order valence-electron chi connectivity index (χ1n) is 8.03. The molecule has 1 aromatic carbocycles. The van der Waals surface area contributed by atoms with E-state index in [-0.39, 0.29) is 24.1 Å². The van der Waals surface area contributed by atoms with Crippen molar-refractivity contribution in [2.75, 3.05) is 13.1 Å². The van der Waals surface area contributed by atoms with Crippen LogP contribution < -0.4 is 10.5 Å². The molecular formula is C17H17N3O5S. The Balaban J connectivity index is 1.51. The zero-order valence-electron chi connectivity index (χ0n) is 14.2. The van der Waals surface area contributed by atoms with E-state index in [4.69, 9.17) is 9.15 Å². The molecule has 136 valence electrons. The zero-order valence-corrected chi connectivity index (χ0v) is 15.1. The van der Waals surface area contributed by atoms with Gasteiger partial charge in [0.1, 0.15) is 11.9 Å². The Morgan fingerprint density at radius 1 is 1.23 bits per heavy atom. The summed E-state index contributed by atoms with van der Waals surface area (Å²) in [4.78, 5) is 15.8. The number of pyridine rings is 1. The van der Waals surface area contributed by atoms with Gasteiger partial charge in [-0.05, 0) is 31.2 Å². The van der Waals surface area contributed by atoms with E-state index in [0.717, 1.165) is 5.69 Å². The van der Waals surface area contributed by atoms with Crippen LogP contribution in [-0.4, -0.2) is 41.5 Å². The molecule has 0 N–H and O–H groups in total. The van der Waals surface area contributed by atoms with Gasteiger partial charge >= 0.3 is 5.76 Å². The normalized spacial score (nSPS) is 15.9. The van der Waals surface area contributed by atoms with Crippen molar-refractivity contribution in [3.05, 3.63) is 52.8 Å². The molecule has 1 aliphatic heterocycles. The molecule has 0 unspecified atom stereocenters. The zero-order chi connectivity index (χ0) is 18.5. The van der Waals surface area contributed by atoms with Gasteiger partial charge in [-0.1, -0.05) is 0 Å². The lowest BCUT2D eigenvalue weighted by atomic mass is 10.2. The summed E-state index contributed by atoms with van der Waals surface area (Å²) in [6.07, 6.45) is 1.45. The first-order chi connectivity index (χ1) is 12.3. The standard InChI is InChI=1S/C17H17N3O5S/c1-11-7-12(5-6-18-11)24-13-9-20(10-13)26(22,23)14-3-4-16-15(8-14)19(2)17(21)25-16/h3-8,13H,9-10H2,1-2H3. The maximum Gasteiger partial charge on any atom is 0.419 e. The number of hydrogen-bond donors (Lipinski definition) is 0. The molecule has 26 heavy (non-hydrogen) atoms. The highest BCUT2D eigenvalue weighted by atomic mass is 32.2. The summed E-state index contributed by atoms with van der Waals surface area (Å²) in [5.41, 5.74) is 1.64. The number of ether oxygens (including phenoxy) is 1. The minimum atomic E-state index is -3.65. The van der Waals surface area contributed by atoms with Gasteiger partial charge < -0.3 is 9.15 Å². The van der Waals surface area contributed by atoms with E-state index >= 15 is 0 Å². The lowest BCUT2D eigenvalue weighted by Crippen LogP contribution is -2.55. The van der Waals surface area contributed by atoms with E-state index in [2.05, 4.69) is 4.98 Å². The molecule has 0 aliphatic carbocycles. The fourth-order valence-electron chi connectivity index (χ4n) is 2.87. The van der Waals surface area contributed by atoms with E-state index in [1.165, 1.54) is 34.1 Å². The molecule has 0 radical (unpaired) electrons. The molecule has 1 saturated heterocycles. The average Bonchev–Trinajstić information content (AvgIpc) is 2.84. The van der Waals surface area contributed by atoms with Crippen LogP contribution in [-0.2, 0) is 17.1 Å². The van der Waals surface area contributed by atoms with Crippen LogP contribution in [0.25, 0.3) is 11.1 Å². The number of aryl methyl sites for hydroxylation is 2. The maximum absolute atomic E-state index is 12.8. The summed E-state index contributed by atoms with van der Waals surface area (Å²) in [6, 6.07) is 7.95. The molecule has 4 rings (SSSR count). The Morgan fingerprint density at radius 2 is 2.00 bits per heavy atom. The monoisotopic (exact) mass is 375 g/mol. The second-order valence-corrected chi connectivity index (χ2v) is 8.19. The lowest BCUT2D eigenvalue weighted by Gasteiger charge is -2.37. The molecule has 0 atom stereocenters. The van der Waals surface area contributed by atoms with Crippen LogP contribution in [0.5, 0.6) is 5.75 Å². The summed E-state index contributed by atoms with van der Waals surface area (Å²) in [5, 5.41) is 0. The van der Waals surface area contributed by atoms with Gasteiger partial charge in [0.05, 0.1) is 23.5 Å². The molecule has 0 bridgehead atoms. The number of rotatable bonds is 4. The largest absolute Gasteiger partial charge is 0.488 e. The highest BCUT2D eigenvalue weighted by molar-refractivity contribution is 7.89. The van der Waals surface area contributed by atoms with Crippen molar-refractivity contribution < 1.29 is 17.6 Å². The molecule has 0 amide bonds. The van der Waals surface area contributed by atoms with Gasteiger partial charge in [0.2, 0.25) is 10.0 Å². The SMILES string of the molecule is Cc1cc(OC2CN(S(=O)(=O)c3ccc4oc(=O)n(C)c4c3)C2)ccn1. The Kier molecular flexibility index (Phi) is 3.85. The first kappa shape index (κ1) is 16.8. The van der Waals surface area contributed by atoms with Gasteiger partial charge in [-0.15, -0.1) is 0 Å². The quantitative estimate of drug-likeness (QED) is 0.682. The van der Waals surface area contributed by atoms with Gasteiger partial charge in [0.25, 0.3) is 0 Å². The van der Waals surface area contributed by atoms with Crippen LogP contribution in [0, 0.1) is 6.92 Å². The van der Waals surface area contributed by atoms with E-state index in [1.54, 1.807) is 12.3 Å². The Bertz CT molecular complexity index is 1140. The summed E-state index contributed by atoms with van der Waals surface area (Å²) < 4.78 is 39.0. The van der Waals surface area contributed by atoms with Crippen LogP contribution >= 0.6 is 0 Å². The van der Waals surface area contributed by atoms with Crippen molar-refractivity contribution in [1.29, 1.82) is 0 Å². The molecule has 9 heteroatoms. The Labute approximate surface area is 149 Å². The van der Waals surface area contributed by atoms with Crippen LogP contribution in [0.1, 0.15) is 5.69 Å². The predicted octanol–water partition coefficient (Wildman–Crippen LogP) is 1.29. The van der Waals surface area contributed by atoms with E-state index in [1.807, 2.05) is 13.0 Å². The second-order valence-electron chi connectivity index (χ2n) is 6.25. The number of hydrogen-bond acceptors (Lipinski definition) is 6. The summed E-state index contributed by atoms with van der Waals surface area (Å²) in [6.45, 7) is 2.40. The molecule has 1 aliphatic rings. The number of sulfonamides is 1. The second kappa shape index (κ2) is 5.96. The van der Waals surface area contributed by atoms with Crippen molar-refractivity contribution >= 4 is 21.1 Å². The number of benzene rings is 1. The lowest BCUT2D eigenvalue weighted by molar-refractivity contribution is 0.0761. The number of oxazole rings is 1. The molecule has 3 aromatic rings. The van der Waals surface area contributed by atoms with Gasteiger partial charge in [-0.25, -0.2) is 13.2 Å². The van der Waals surface area contributed by atoms with Crippen molar-refractivity contribution in [2.45, 2.75) is 17.9 Å². The summed E-state index contributed by atoms with van der Waals surface area (Å²) >= 11 is 0. The molecule has 2 aromatic heterocycles.